The van der Waals surface area contributed by atoms with Crippen LogP contribution in [0.25, 0.3) is 0 Å². The van der Waals surface area contributed by atoms with Gasteiger partial charge >= 0.3 is 0 Å². The number of nitrogens with zero attached hydrogens (tertiary/aromatic N) is 1. The van der Waals surface area contributed by atoms with E-state index in [4.69, 9.17) is 5.73 Å². The Balaban J connectivity index is 1.92. The summed E-state index contributed by atoms with van der Waals surface area (Å²) in [5.41, 5.74) is 7.05. The lowest BCUT2D eigenvalue weighted by Crippen LogP contribution is -2.12. The van der Waals surface area contributed by atoms with Gasteiger partial charge in [0.2, 0.25) is 0 Å². The first-order valence-electron chi connectivity index (χ1n) is 5.29. The average molecular weight is 248 g/mol. The second-order valence-corrected chi connectivity index (χ2v) is 4.75. The third-order valence-corrected chi connectivity index (χ3v) is 3.49. The van der Waals surface area contributed by atoms with E-state index in [0.29, 0.717) is 0 Å². The standard InChI is InChI=1S/C13H13FN2S/c14-11-3-5-12(6-4-11)17-9-13(15)10-2-1-7-16-8-10/h1-8,13H,9,15H2. The summed E-state index contributed by atoms with van der Waals surface area (Å²) in [6.45, 7) is 0. The highest BCUT2D eigenvalue weighted by Crippen LogP contribution is 2.23. The molecule has 1 unspecified atom stereocenters. The number of hydrogen-bond donors (Lipinski definition) is 1. The quantitative estimate of drug-likeness (QED) is 0.845. The van der Waals surface area contributed by atoms with Gasteiger partial charge in [-0.25, -0.2) is 4.39 Å². The molecule has 17 heavy (non-hydrogen) atoms. The van der Waals surface area contributed by atoms with Crippen LogP contribution in [0.2, 0.25) is 0 Å². The summed E-state index contributed by atoms with van der Waals surface area (Å²) >= 11 is 1.61. The molecule has 0 saturated heterocycles. The van der Waals surface area contributed by atoms with Gasteiger partial charge in [0.05, 0.1) is 0 Å². The zero-order valence-electron chi connectivity index (χ0n) is 9.21. The molecule has 0 amide bonds. The molecule has 0 bridgehead atoms. The largest absolute Gasteiger partial charge is 0.323 e. The number of rotatable bonds is 4. The van der Waals surface area contributed by atoms with Gasteiger partial charge in [0.1, 0.15) is 5.82 Å². The fourth-order valence-corrected chi connectivity index (χ4v) is 2.30. The van der Waals surface area contributed by atoms with Crippen LogP contribution in [0.3, 0.4) is 0 Å². The zero-order chi connectivity index (χ0) is 12.1. The van der Waals surface area contributed by atoms with Gasteiger partial charge in [-0.05, 0) is 35.9 Å². The van der Waals surface area contributed by atoms with Crippen molar-refractivity contribution in [3.05, 3.63) is 60.2 Å². The van der Waals surface area contributed by atoms with Crippen molar-refractivity contribution in [1.82, 2.24) is 4.98 Å². The predicted octanol–water partition coefficient (Wildman–Crippen LogP) is 3.01. The summed E-state index contributed by atoms with van der Waals surface area (Å²) in [5.74, 6) is 0.531. The molecule has 2 rings (SSSR count). The first-order valence-corrected chi connectivity index (χ1v) is 6.28. The maximum atomic E-state index is 12.7. The molecule has 0 radical (unpaired) electrons. The van der Waals surface area contributed by atoms with E-state index in [1.165, 1.54) is 12.1 Å². The van der Waals surface area contributed by atoms with E-state index in [2.05, 4.69) is 4.98 Å². The number of thioether (sulfide) groups is 1. The van der Waals surface area contributed by atoms with E-state index in [0.717, 1.165) is 16.2 Å². The number of nitrogens with two attached hydrogens (primary N) is 1. The van der Waals surface area contributed by atoms with Crippen molar-refractivity contribution in [3.63, 3.8) is 0 Å². The van der Waals surface area contributed by atoms with Crippen LogP contribution >= 0.6 is 11.8 Å². The van der Waals surface area contributed by atoms with E-state index in [-0.39, 0.29) is 11.9 Å². The van der Waals surface area contributed by atoms with Crippen molar-refractivity contribution in [2.45, 2.75) is 10.9 Å². The number of benzene rings is 1. The molecule has 0 saturated carbocycles. The van der Waals surface area contributed by atoms with Crippen LogP contribution in [0.5, 0.6) is 0 Å². The van der Waals surface area contributed by atoms with Gasteiger partial charge in [0, 0.05) is 29.1 Å². The average Bonchev–Trinajstić information content (AvgIpc) is 2.39. The molecule has 0 fully saturated rings. The summed E-state index contributed by atoms with van der Waals surface area (Å²) in [6.07, 6.45) is 3.50. The predicted molar refractivity (Wildman–Crippen MR) is 68.3 cm³/mol. The summed E-state index contributed by atoms with van der Waals surface area (Å²) in [5, 5.41) is 0. The van der Waals surface area contributed by atoms with Crippen molar-refractivity contribution in [2.75, 3.05) is 5.75 Å². The fraction of sp³-hybridized carbons (Fsp3) is 0.154. The molecule has 1 aromatic carbocycles. The summed E-state index contributed by atoms with van der Waals surface area (Å²) in [4.78, 5) is 5.05. The van der Waals surface area contributed by atoms with Crippen LogP contribution in [0.1, 0.15) is 11.6 Å². The van der Waals surface area contributed by atoms with Crippen molar-refractivity contribution < 1.29 is 4.39 Å². The van der Waals surface area contributed by atoms with Crippen LogP contribution < -0.4 is 5.73 Å². The zero-order valence-corrected chi connectivity index (χ0v) is 10.0. The van der Waals surface area contributed by atoms with Gasteiger partial charge in [0.15, 0.2) is 0 Å². The van der Waals surface area contributed by atoms with E-state index >= 15 is 0 Å². The van der Waals surface area contributed by atoms with Crippen molar-refractivity contribution in [1.29, 1.82) is 0 Å². The molecule has 0 aliphatic heterocycles. The minimum atomic E-state index is -0.217. The second kappa shape index (κ2) is 5.80. The summed E-state index contributed by atoms with van der Waals surface area (Å²) in [7, 11) is 0. The molecule has 88 valence electrons. The lowest BCUT2D eigenvalue weighted by Gasteiger charge is -2.10. The Kier molecular flexibility index (Phi) is 4.12. The van der Waals surface area contributed by atoms with Crippen LogP contribution in [-0.4, -0.2) is 10.7 Å². The van der Waals surface area contributed by atoms with Gasteiger partial charge in [-0.3, -0.25) is 4.98 Å². The smallest absolute Gasteiger partial charge is 0.123 e. The topological polar surface area (TPSA) is 38.9 Å². The lowest BCUT2D eigenvalue weighted by atomic mass is 10.2. The molecule has 1 aromatic heterocycles. The Morgan fingerprint density at radius 1 is 1.24 bits per heavy atom. The van der Waals surface area contributed by atoms with Gasteiger partial charge in [-0.1, -0.05) is 6.07 Å². The van der Waals surface area contributed by atoms with Crippen LogP contribution in [0, 0.1) is 5.82 Å². The highest BCUT2D eigenvalue weighted by molar-refractivity contribution is 7.99. The third-order valence-electron chi connectivity index (χ3n) is 2.36. The Hall–Kier alpha value is -1.39. The molecular formula is C13H13FN2S. The summed E-state index contributed by atoms with van der Waals surface area (Å²) in [6, 6.07) is 10.2. The lowest BCUT2D eigenvalue weighted by molar-refractivity contribution is 0.626. The van der Waals surface area contributed by atoms with Gasteiger partial charge in [0.25, 0.3) is 0 Å². The molecule has 0 aliphatic carbocycles. The third kappa shape index (κ3) is 3.54. The Labute approximate surface area is 104 Å². The van der Waals surface area contributed by atoms with Gasteiger partial charge < -0.3 is 5.73 Å². The number of halogens is 1. The molecule has 2 nitrogen and oxygen atoms in total. The van der Waals surface area contributed by atoms with Crippen LogP contribution in [0.4, 0.5) is 4.39 Å². The van der Waals surface area contributed by atoms with Gasteiger partial charge in [-0.15, -0.1) is 11.8 Å². The Morgan fingerprint density at radius 2 is 2.00 bits per heavy atom. The number of aromatic nitrogens is 1. The van der Waals surface area contributed by atoms with Crippen LogP contribution in [-0.2, 0) is 0 Å². The number of hydrogen-bond acceptors (Lipinski definition) is 3. The van der Waals surface area contributed by atoms with Crippen molar-refractivity contribution in [3.8, 4) is 0 Å². The minimum Gasteiger partial charge on any atom is -0.323 e. The fourth-order valence-electron chi connectivity index (χ4n) is 1.41. The molecule has 1 heterocycles. The maximum Gasteiger partial charge on any atom is 0.123 e. The SMILES string of the molecule is NC(CSc1ccc(F)cc1)c1cccnc1. The molecule has 0 spiro atoms. The first-order chi connectivity index (χ1) is 8.25. The Morgan fingerprint density at radius 3 is 2.65 bits per heavy atom. The normalized spacial score (nSPS) is 12.4. The monoisotopic (exact) mass is 248 g/mol. The molecule has 1 atom stereocenters. The van der Waals surface area contributed by atoms with E-state index in [1.807, 2.05) is 12.1 Å². The number of pyridine rings is 1. The van der Waals surface area contributed by atoms with E-state index in [1.54, 1.807) is 36.3 Å². The highest BCUT2D eigenvalue weighted by atomic mass is 32.2. The van der Waals surface area contributed by atoms with E-state index in [9.17, 15) is 4.39 Å². The highest BCUT2D eigenvalue weighted by Gasteiger charge is 2.06. The maximum absolute atomic E-state index is 12.7. The van der Waals surface area contributed by atoms with Crippen LogP contribution in [0.15, 0.2) is 53.7 Å². The molecular weight excluding hydrogens is 235 g/mol. The summed E-state index contributed by atoms with van der Waals surface area (Å²) < 4.78 is 12.7. The Bertz CT molecular complexity index is 459. The van der Waals surface area contributed by atoms with Crippen molar-refractivity contribution >= 4 is 11.8 Å². The molecule has 0 aliphatic rings. The second-order valence-electron chi connectivity index (χ2n) is 3.66. The van der Waals surface area contributed by atoms with Crippen molar-refractivity contribution in [2.24, 2.45) is 5.73 Å². The molecule has 2 aromatic rings. The first kappa shape index (κ1) is 12.1. The van der Waals surface area contributed by atoms with Gasteiger partial charge in [-0.2, -0.15) is 0 Å². The molecule has 4 heteroatoms. The molecule has 2 N–H and O–H groups in total. The van der Waals surface area contributed by atoms with E-state index < -0.39 is 0 Å². The minimum absolute atomic E-state index is 0.0567.